The zero-order chi connectivity index (χ0) is 12.8. The molecular formula is C13H9F3IO+. The van der Waals surface area contributed by atoms with E-state index in [1.165, 1.54) is 6.08 Å². The number of hydrogen-bond donors (Lipinski definition) is 0. The zero-order valence-electron chi connectivity index (χ0n) is 9.12. The molecule has 0 N–H and O–H groups in total. The van der Waals surface area contributed by atoms with E-state index < -0.39 is 45.2 Å². The zero-order valence-corrected chi connectivity index (χ0v) is 11.3. The fourth-order valence-corrected chi connectivity index (χ4v) is 5.06. The molecule has 2 heterocycles. The first-order valence-corrected chi connectivity index (χ1v) is 7.56. The first-order valence-electron chi connectivity index (χ1n) is 5.40. The molecule has 0 fully saturated rings. The molecule has 0 spiro atoms. The van der Waals surface area contributed by atoms with Crippen LogP contribution in [-0.4, -0.2) is 18.4 Å². The van der Waals surface area contributed by atoms with Crippen LogP contribution >= 0.6 is 0 Å². The fraction of sp³-hybridized carbons (Fsp3) is 0.231. The van der Waals surface area contributed by atoms with Crippen molar-refractivity contribution in [2.24, 2.45) is 0 Å². The van der Waals surface area contributed by atoms with E-state index in [0.717, 1.165) is 3.57 Å². The molecule has 0 saturated carbocycles. The average Bonchev–Trinajstić information content (AvgIpc) is 2.89. The van der Waals surface area contributed by atoms with E-state index in [9.17, 15) is 13.2 Å². The third-order valence-electron chi connectivity index (χ3n) is 2.79. The molecule has 1 nitrogen and oxygen atoms in total. The summed E-state index contributed by atoms with van der Waals surface area (Å²) in [5.41, 5.74) is -0.466. The molecule has 1 aromatic carbocycles. The Labute approximate surface area is 113 Å². The quantitative estimate of drug-likeness (QED) is 0.534. The summed E-state index contributed by atoms with van der Waals surface area (Å²) in [4.78, 5) is 0. The highest BCUT2D eigenvalue weighted by molar-refractivity contribution is 5.38. The van der Waals surface area contributed by atoms with Gasteiger partial charge in [0.15, 0.2) is 3.57 Å². The monoisotopic (exact) mass is 365 g/mol. The van der Waals surface area contributed by atoms with Crippen LogP contribution < -0.4 is 21.2 Å². The van der Waals surface area contributed by atoms with Crippen molar-refractivity contribution >= 4 is 0 Å². The highest BCUT2D eigenvalue weighted by Crippen LogP contribution is 2.40. The van der Waals surface area contributed by atoms with Crippen molar-refractivity contribution in [1.29, 1.82) is 0 Å². The predicted octanol–water partition coefficient (Wildman–Crippen LogP) is 0.0988. The van der Waals surface area contributed by atoms with Gasteiger partial charge in [0.05, 0.1) is 0 Å². The Morgan fingerprint density at radius 3 is 2.33 bits per heavy atom. The Bertz CT molecular complexity index is 519. The van der Waals surface area contributed by atoms with Crippen molar-refractivity contribution in [3.05, 3.63) is 55.2 Å². The number of rotatable bonds is 2. The van der Waals surface area contributed by atoms with Crippen LogP contribution in [0.3, 0.4) is 0 Å². The van der Waals surface area contributed by atoms with Crippen LogP contribution in [0.4, 0.5) is 13.2 Å². The molecule has 2 aliphatic heterocycles. The third-order valence-corrected chi connectivity index (χ3v) is 5.91. The number of alkyl halides is 3. The highest BCUT2D eigenvalue weighted by Gasteiger charge is 2.54. The fourth-order valence-electron chi connectivity index (χ4n) is 2.04. The third kappa shape index (κ3) is 2.09. The summed E-state index contributed by atoms with van der Waals surface area (Å²) in [7, 11) is 0. The molecule has 0 radical (unpaired) electrons. The second-order valence-electron chi connectivity index (χ2n) is 4.01. The van der Waals surface area contributed by atoms with Gasteiger partial charge in [0.1, 0.15) is 17.8 Å². The summed E-state index contributed by atoms with van der Waals surface area (Å²) in [5, 5.41) is 0. The van der Waals surface area contributed by atoms with Gasteiger partial charge in [-0.15, -0.1) is 0 Å². The van der Waals surface area contributed by atoms with Crippen LogP contribution in [0.5, 0.6) is 0 Å². The van der Waals surface area contributed by atoms with Gasteiger partial charge >= 0.3 is 27.4 Å². The van der Waals surface area contributed by atoms with Gasteiger partial charge in [-0.1, -0.05) is 24.3 Å². The number of ether oxygens (including phenoxy) is 1. The van der Waals surface area contributed by atoms with Crippen molar-refractivity contribution in [2.45, 2.75) is 18.4 Å². The molecule has 3 rings (SSSR count). The lowest BCUT2D eigenvalue weighted by molar-refractivity contribution is -0.582. The maximum Gasteiger partial charge on any atom is 0.419 e. The molecule has 0 unspecified atom stereocenters. The molecular weight excluding hydrogens is 356 g/mol. The van der Waals surface area contributed by atoms with Crippen LogP contribution in [-0.2, 0) is 4.74 Å². The summed E-state index contributed by atoms with van der Waals surface area (Å²) < 4.78 is 45.8. The smallest absolute Gasteiger partial charge is 0.353 e. The highest BCUT2D eigenvalue weighted by atomic mass is 127. The van der Waals surface area contributed by atoms with Crippen LogP contribution in [0.1, 0.15) is 0 Å². The summed E-state index contributed by atoms with van der Waals surface area (Å²) in [6.45, 7) is 0. The van der Waals surface area contributed by atoms with Gasteiger partial charge in [-0.05, 0) is 18.2 Å². The van der Waals surface area contributed by atoms with E-state index in [4.69, 9.17) is 4.74 Å². The Hall–Kier alpha value is -0.820. The van der Waals surface area contributed by atoms with Crippen molar-refractivity contribution < 1.29 is 39.1 Å². The van der Waals surface area contributed by atoms with Gasteiger partial charge in [-0.3, -0.25) is 0 Å². The lowest BCUT2D eigenvalue weighted by atomic mass is 10.1. The topological polar surface area (TPSA) is 9.23 Å². The minimum Gasteiger partial charge on any atom is -0.353 e. The molecule has 94 valence electrons. The Morgan fingerprint density at radius 2 is 1.67 bits per heavy atom. The Balaban J connectivity index is 1.96. The summed E-state index contributed by atoms with van der Waals surface area (Å²) in [5.74, 6) is 0. The molecule has 2 atom stereocenters. The van der Waals surface area contributed by atoms with Crippen molar-refractivity contribution in [3.63, 3.8) is 0 Å². The van der Waals surface area contributed by atoms with Crippen LogP contribution in [0, 0.1) is 3.57 Å². The Morgan fingerprint density at radius 1 is 1.00 bits per heavy atom. The van der Waals surface area contributed by atoms with Crippen molar-refractivity contribution in [1.82, 2.24) is 0 Å². The predicted molar refractivity (Wildman–Crippen MR) is 56.0 cm³/mol. The van der Waals surface area contributed by atoms with Crippen LogP contribution in [0.2, 0.25) is 0 Å². The lowest BCUT2D eigenvalue weighted by Gasteiger charge is -2.10. The largest absolute Gasteiger partial charge is 0.419 e. The average molecular weight is 365 g/mol. The van der Waals surface area contributed by atoms with E-state index in [-0.39, 0.29) is 0 Å². The van der Waals surface area contributed by atoms with Gasteiger partial charge in [0.25, 0.3) is 0 Å². The van der Waals surface area contributed by atoms with E-state index in [0.29, 0.717) is 3.58 Å². The number of fused-ring (bicyclic) bond motifs is 2. The SMILES string of the molecule is FC(F)(F)C1=C([I+]c2ccccc2)[C@H]2C=C[C@H]1O2. The number of hydrogen-bond acceptors (Lipinski definition) is 1. The number of benzene rings is 1. The van der Waals surface area contributed by atoms with Crippen LogP contribution in [0.25, 0.3) is 0 Å². The molecule has 0 saturated heterocycles. The maximum absolute atomic E-state index is 13.0. The minimum absolute atomic E-state index is 0.458. The molecule has 0 aromatic heterocycles. The normalized spacial score (nSPS) is 26.2. The molecule has 18 heavy (non-hydrogen) atoms. The number of halogens is 4. The maximum atomic E-state index is 13.0. The standard InChI is InChI=1S/C13H9F3IO/c14-13(15,16)11-9-6-7-10(18-9)12(11)17-8-4-2-1-3-5-8/h1-7,9-10H/q+1/t9-,10-/m1/s1. The first kappa shape index (κ1) is 12.2. The van der Waals surface area contributed by atoms with E-state index >= 15 is 0 Å². The van der Waals surface area contributed by atoms with Crippen molar-refractivity contribution in [3.8, 4) is 0 Å². The second kappa shape index (κ2) is 4.38. The van der Waals surface area contributed by atoms with E-state index in [1.54, 1.807) is 6.08 Å². The van der Waals surface area contributed by atoms with Gasteiger partial charge < -0.3 is 4.74 Å². The first-order chi connectivity index (χ1) is 8.55. The van der Waals surface area contributed by atoms with E-state index in [2.05, 4.69) is 0 Å². The minimum atomic E-state index is -4.28. The van der Waals surface area contributed by atoms with Gasteiger partial charge in [0, 0.05) is 0 Å². The van der Waals surface area contributed by atoms with Gasteiger partial charge in [-0.25, -0.2) is 0 Å². The molecule has 2 bridgehead atoms. The van der Waals surface area contributed by atoms with Gasteiger partial charge in [-0.2, -0.15) is 13.2 Å². The lowest BCUT2D eigenvalue weighted by Crippen LogP contribution is -3.61. The Kier molecular flexibility index (Phi) is 2.97. The van der Waals surface area contributed by atoms with Crippen molar-refractivity contribution in [2.75, 3.05) is 0 Å². The molecule has 0 amide bonds. The summed E-state index contributed by atoms with van der Waals surface area (Å²) in [6.07, 6.45) is -2.38. The molecule has 1 aromatic rings. The summed E-state index contributed by atoms with van der Waals surface area (Å²) in [6, 6.07) is 9.33. The van der Waals surface area contributed by atoms with Crippen LogP contribution in [0.15, 0.2) is 51.6 Å². The molecule has 0 aliphatic carbocycles. The second-order valence-corrected chi connectivity index (χ2v) is 6.96. The van der Waals surface area contributed by atoms with Gasteiger partial charge in [0.2, 0.25) is 3.58 Å². The molecule has 5 heteroatoms. The molecule has 2 aliphatic rings. The summed E-state index contributed by atoms with van der Waals surface area (Å²) >= 11 is -0.816. The van der Waals surface area contributed by atoms with E-state index in [1.807, 2.05) is 30.3 Å².